The third-order valence-electron chi connectivity index (χ3n) is 3.85. The fourth-order valence-electron chi connectivity index (χ4n) is 3.04. The van der Waals surface area contributed by atoms with Crippen LogP contribution in [-0.4, -0.2) is 23.4 Å². The van der Waals surface area contributed by atoms with E-state index >= 15 is 0 Å². The molecule has 0 saturated heterocycles. The van der Waals surface area contributed by atoms with Gasteiger partial charge in [-0.25, -0.2) is 0 Å². The number of aromatic nitrogens is 2. The van der Waals surface area contributed by atoms with E-state index in [-0.39, 0.29) is 0 Å². The lowest BCUT2D eigenvalue weighted by atomic mass is 9.91. The highest BCUT2D eigenvalue weighted by Gasteiger charge is 2.27. The molecule has 0 amide bonds. The van der Waals surface area contributed by atoms with Crippen molar-refractivity contribution in [3.8, 4) is 0 Å². The van der Waals surface area contributed by atoms with E-state index in [4.69, 9.17) is 0 Å². The van der Waals surface area contributed by atoms with Crippen molar-refractivity contribution >= 4 is 0 Å². The first-order valence-corrected chi connectivity index (χ1v) is 6.35. The molecule has 1 aromatic heterocycles. The molecule has 1 saturated carbocycles. The van der Waals surface area contributed by atoms with Crippen LogP contribution in [0.15, 0.2) is 6.07 Å². The maximum Gasteiger partial charge on any atom is 0.0596 e. The molecule has 1 heterocycles. The van der Waals surface area contributed by atoms with Crippen LogP contribution in [0.2, 0.25) is 0 Å². The molecule has 2 atom stereocenters. The van der Waals surface area contributed by atoms with Crippen LogP contribution in [0.4, 0.5) is 0 Å². The third kappa shape index (κ3) is 2.46. The van der Waals surface area contributed by atoms with Crippen LogP contribution in [0, 0.1) is 18.8 Å². The van der Waals surface area contributed by atoms with Gasteiger partial charge in [0.25, 0.3) is 0 Å². The standard InChI is InChI=1S/C13H23N3/c1-10-7-13(16(3)15-10)8-11-5-4-6-12(11)9-14-2/h7,11-12,14H,4-6,8-9H2,1-3H3. The number of aryl methyl sites for hydroxylation is 2. The first kappa shape index (κ1) is 11.6. The van der Waals surface area contributed by atoms with Gasteiger partial charge in [0.05, 0.1) is 5.69 Å². The molecule has 1 aliphatic carbocycles. The summed E-state index contributed by atoms with van der Waals surface area (Å²) in [5.41, 5.74) is 2.53. The molecule has 0 aromatic carbocycles. The van der Waals surface area contributed by atoms with Crippen LogP contribution in [0.5, 0.6) is 0 Å². The fraction of sp³-hybridized carbons (Fsp3) is 0.769. The van der Waals surface area contributed by atoms with Gasteiger partial charge in [0.15, 0.2) is 0 Å². The molecule has 0 bridgehead atoms. The maximum absolute atomic E-state index is 4.43. The van der Waals surface area contributed by atoms with Crippen molar-refractivity contribution in [2.45, 2.75) is 32.6 Å². The molecule has 3 heteroatoms. The second kappa shape index (κ2) is 5.00. The van der Waals surface area contributed by atoms with E-state index in [0.717, 1.165) is 17.5 Å². The highest BCUT2D eigenvalue weighted by molar-refractivity contribution is 5.10. The van der Waals surface area contributed by atoms with Gasteiger partial charge in [0.1, 0.15) is 0 Å². The quantitative estimate of drug-likeness (QED) is 0.841. The van der Waals surface area contributed by atoms with Gasteiger partial charge in [0.2, 0.25) is 0 Å². The summed E-state index contributed by atoms with van der Waals surface area (Å²) < 4.78 is 2.05. The minimum absolute atomic E-state index is 0.849. The van der Waals surface area contributed by atoms with Gasteiger partial charge < -0.3 is 5.32 Å². The molecule has 1 fully saturated rings. The second-order valence-electron chi connectivity index (χ2n) is 5.11. The maximum atomic E-state index is 4.43. The van der Waals surface area contributed by atoms with Crippen LogP contribution in [0.1, 0.15) is 30.7 Å². The van der Waals surface area contributed by atoms with Gasteiger partial charge >= 0.3 is 0 Å². The van der Waals surface area contributed by atoms with Crippen LogP contribution in [0.3, 0.4) is 0 Å². The Morgan fingerprint density at radius 3 is 2.81 bits per heavy atom. The Balaban J connectivity index is 2.00. The second-order valence-corrected chi connectivity index (χ2v) is 5.11. The van der Waals surface area contributed by atoms with E-state index in [1.165, 1.54) is 37.9 Å². The van der Waals surface area contributed by atoms with E-state index in [1.807, 2.05) is 4.68 Å². The summed E-state index contributed by atoms with van der Waals surface area (Å²) in [6, 6.07) is 2.23. The number of nitrogens with zero attached hydrogens (tertiary/aromatic N) is 2. The normalized spacial score (nSPS) is 25.2. The minimum atomic E-state index is 0.849. The van der Waals surface area contributed by atoms with E-state index in [9.17, 15) is 0 Å². The zero-order chi connectivity index (χ0) is 11.5. The first-order chi connectivity index (χ1) is 7.70. The Kier molecular flexibility index (Phi) is 3.64. The lowest BCUT2D eigenvalue weighted by Gasteiger charge is -2.19. The molecule has 3 nitrogen and oxygen atoms in total. The molecule has 90 valence electrons. The molecule has 0 aliphatic heterocycles. The lowest BCUT2D eigenvalue weighted by molar-refractivity contribution is 0.367. The van der Waals surface area contributed by atoms with Crippen molar-refractivity contribution < 1.29 is 0 Å². The van der Waals surface area contributed by atoms with Gasteiger partial charge in [-0.2, -0.15) is 5.10 Å². The molecule has 1 aliphatic rings. The Bertz CT molecular complexity index is 343. The zero-order valence-corrected chi connectivity index (χ0v) is 10.7. The summed E-state index contributed by atoms with van der Waals surface area (Å²) in [6.07, 6.45) is 5.37. The predicted molar refractivity (Wildman–Crippen MR) is 66.4 cm³/mol. The molecular formula is C13H23N3. The summed E-state index contributed by atoms with van der Waals surface area (Å²) in [5, 5.41) is 7.75. The van der Waals surface area contributed by atoms with Crippen molar-refractivity contribution in [2.75, 3.05) is 13.6 Å². The number of hydrogen-bond acceptors (Lipinski definition) is 2. The third-order valence-corrected chi connectivity index (χ3v) is 3.85. The molecule has 16 heavy (non-hydrogen) atoms. The topological polar surface area (TPSA) is 29.9 Å². The molecule has 2 unspecified atom stereocenters. The molecule has 1 aromatic rings. The average Bonchev–Trinajstić information content (AvgIpc) is 2.77. The smallest absolute Gasteiger partial charge is 0.0596 e. The first-order valence-electron chi connectivity index (χ1n) is 6.35. The van der Waals surface area contributed by atoms with Crippen LogP contribution >= 0.6 is 0 Å². The Morgan fingerprint density at radius 2 is 2.19 bits per heavy atom. The number of hydrogen-bond donors (Lipinski definition) is 1. The van der Waals surface area contributed by atoms with Crippen molar-refractivity contribution in [3.63, 3.8) is 0 Å². The minimum Gasteiger partial charge on any atom is -0.319 e. The number of rotatable bonds is 4. The lowest BCUT2D eigenvalue weighted by Crippen LogP contribution is -2.23. The Labute approximate surface area is 98.2 Å². The van der Waals surface area contributed by atoms with Gasteiger partial charge in [-0.15, -0.1) is 0 Å². The van der Waals surface area contributed by atoms with Crippen LogP contribution in [-0.2, 0) is 13.5 Å². The van der Waals surface area contributed by atoms with E-state index in [2.05, 4.69) is 37.5 Å². The summed E-state index contributed by atoms with van der Waals surface area (Å²) in [4.78, 5) is 0. The molecule has 1 N–H and O–H groups in total. The van der Waals surface area contributed by atoms with Crippen molar-refractivity contribution in [3.05, 3.63) is 17.5 Å². The summed E-state index contributed by atoms with van der Waals surface area (Å²) >= 11 is 0. The molecule has 2 rings (SSSR count). The molecule has 0 spiro atoms. The summed E-state index contributed by atoms with van der Waals surface area (Å²) in [6.45, 7) is 3.24. The average molecular weight is 221 g/mol. The molecular weight excluding hydrogens is 198 g/mol. The predicted octanol–water partition coefficient (Wildman–Crippen LogP) is 1.91. The summed E-state index contributed by atoms with van der Waals surface area (Å²) in [7, 11) is 4.12. The van der Waals surface area contributed by atoms with Gasteiger partial charge in [-0.05, 0) is 57.7 Å². The number of nitrogens with one attached hydrogen (secondary N) is 1. The molecule has 0 radical (unpaired) electrons. The zero-order valence-electron chi connectivity index (χ0n) is 10.7. The highest BCUT2D eigenvalue weighted by atomic mass is 15.3. The van der Waals surface area contributed by atoms with Gasteiger partial charge in [-0.1, -0.05) is 6.42 Å². The Morgan fingerprint density at radius 1 is 1.44 bits per heavy atom. The van der Waals surface area contributed by atoms with Crippen LogP contribution < -0.4 is 5.32 Å². The van der Waals surface area contributed by atoms with Gasteiger partial charge in [0, 0.05) is 12.7 Å². The van der Waals surface area contributed by atoms with Crippen molar-refractivity contribution in [1.29, 1.82) is 0 Å². The highest BCUT2D eigenvalue weighted by Crippen LogP contribution is 2.33. The van der Waals surface area contributed by atoms with Gasteiger partial charge in [-0.3, -0.25) is 4.68 Å². The van der Waals surface area contributed by atoms with E-state index in [0.29, 0.717) is 0 Å². The Hall–Kier alpha value is -0.830. The van der Waals surface area contributed by atoms with Crippen LogP contribution in [0.25, 0.3) is 0 Å². The fourth-order valence-corrected chi connectivity index (χ4v) is 3.04. The monoisotopic (exact) mass is 221 g/mol. The summed E-state index contributed by atoms with van der Waals surface area (Å²) in [5.74, 6) is 1.71. The largest absolute Gasteiger partial charge is 0.319 e. The van der Waals surface area contributed by atoms with E-state index < -0.39 is 0 Å². The van der Waals surface area contributed by atoms with E-state index in [1.54, 1.807) is 0 Å². The SMILES string of the molecule is CNCC1CCCC1Cc1cc(C)nn1C. The van der Waals surface area contributed by atoms with Crippen molar-refractivity contribution in [2.24, 2.45) is 18.9 Å². The van der Waals surface area contributed by atoms with Crippen molar-refractivity contribution in [1.82, 2.24) is 15.1 Å².